The van der Waals surface area contributed by atoms with Gasteiger partial charge < -0.3 is 0 Å². The van der Waals surface area contributed by atoms with Crippen LogP contribution >= 0.6 is 0 Å². The molecule has 2 heterocycles. The predicted octanol–water partition coefficient (Wildman–Crippen LogP) is 4.98. The van der Waals surface area contributed by atoms with E-state index in [1.54, 1.807) is 12.4 Å². The predicted molar refractivity (Wildman–Crippen MR) is 141 cm³/mol. The minimum absolute atomic E-state index is 0. The molecule has 0 N–H and O–H groups in total. The van der Waals surface area contributed by atoms with E-state index < -0.39 is 14.7 Å². The van der Waals surface area contributed by atoms with Gasteiger partial charge in [-0.2, -0.15) is 0 Å². The van der Waals surface area contributed by atoms with Crippen LogP contribution in [0.2, 0.25) is 0 Å². The number of rotatable bonds is 3. The fourth-order valence-electron chi connectivity index (χ4n) is 3.86. The maximum Gasteiger partial charge on any atom is 0.0964 e. The number of pyridine rings is 2. The third-order valence-corrected chi connectivity index (χ3v) is 10.5. The van der Waals surface area contributed by atoms with Gasteiger partial charge in [-0.05, 0) is 12.1 Å². The van der Waals surface area contributed by atoms with Crippen molar-refractivity contribution in [2.24, 2.45) is 0 Å². The SMILES string of the molecule is [Au].c1ccc([As](c2ccccc2)c2ccccc2)cc1.c1cnc2c(c1)ccc1cccnc12. The first-order valence-corrected chi connectivity index (χ1v) is 13.8. The van der Waals surface area contributed by atoms with E-state index in [0.29, 0.717) is 0 Å². The molecule has 169 valence electrons. The molecular formula is C30H23AsAuN2. The zero-order valence-electron chi connectivity index (χ0n) is 18.4. The van der Waals surface area contributed by atoms with Crippen molar-refractivity contribution in [1.29, 1.82) is 0 Å². The number of hydrogen-bond acceptors (Lipinski definition) is 2. The Hall–Kier alpha value is -3.00. The number of nitrogens with zero attached hydrogens (tertiary/aromatic N) is 2. The summed E-state index contributed by atoms with van der Waals surface area (Å²) in [5.74, 6) is 0. The largest absolute Gasteiger partial charge is 0.254 e. The van der Waals surface area contributed by atoms with Crippen LogP contribution in [0.15, 0.2) is 140 Å². The van der Waals surface area contributed by atoms with E-state index >= 15 is 0 Å². The smallest absolute Gasteiger partial charge is 0.0964 e. The van der Waals surface area contributed by atoms with Crippen molar-refractivity contribution < 1.29 is 22.4 Å². The summed E-state index contributed by atoms with van der Waals surface area (Å²) in [6.07, 6.45) is 3.60. The molecule has 4 heteroatoms. The van der Waals surface area contributed by atoms with Crippen molar-refractivity contribution in [2.45, 2.75) is 0 Å². The van der Waals surface area contributed by atoms with E-state index in [9.17, 15) is 0 Å². The molecule has 0 unspecified atom stereocenters. The van der Waals surface area contributed by atoms with Gasteiger partial charge >= 0.3 is 119 Å². The maximum absolute atomic E-state index is 4.35. The third kappa shape index (κ3) is 5.55. The molecule has 0 fully saturated rings. The Morgan fingerprint density at radius 2 is 0.735 bits per heavy atom. The fourth-order valence-corrected chi connectivity index (χ4v) is 8.69. The zero-order valence-corrected chi connectivity index (χ0v) is 22.5. The van der Waals surface area contributed by atoms with Crippen LogP contribution in [-0.2, 0) is 22.4 Å². The van der Waals surface area contributed by atoms with Crippen LogP contribution in [0.25, 0.3) is 21.8 Å². The summed E-state index contributed by atoms with van der Waals surface area (Å²) in [7, 11) is 0. The number of hydrogen-bond donors (Lipinski definition) is 0. The Morgan fingerprint density at radius 1 is 0.382 bits per heavy atom. The normalized spacial score (nSPS) is 10.4. The van der Waals surface area contributed by atoms with Gasteiger partial charge in [0.2, 0.25) is 0 Å². The Bertz CT molecular complexity index is 1310. The number of aromatic nitrogens is 2. The van der Waals surface area contributed by atoms with E-state index in [-0.39, 0.29) is 22.4 Å². The standard InChI is InChI=1S/C18H15As.C12H8N2.Au/c1-4-10-16(11-5-1)19(17-12-6-2-7-13-17)18-14-8-3-9-15-18;1-3-9-5-6-10-4-2-8-14-12(10)11(9)13-7-1;/h1-15H;1-8H;. The van der Waals surface area contributed by atoms with Gasteiger partial charge in [-0.1, -0.05) is 24.3 Å². The maximum atomic E-state index is 4.35. The van der Waals surface area contributed by atoms with E-state index in [1.807, 2.05) is 12.1 Å². The molecule has 0 amide bonds. The molecule has 0 atom stereocenters. The number of fused-ring (bicyclic) bond motifs is 3. The first-order chi connectivity index (χ1) is 16.4. The van der Waals surface area contributed by atoms with Crippen LogP contribution in [0, 0.1) is 0 Å². The molecule has 0 saturated carbocycles. The zero-order chi connectivity index (χ0) is 22.3. The average molecular weight is 683 g/mol. The van der Waals surface area contributed by atoms with Gasteiger partial charge in [0.1, 0.15) is 0 Å². The second-order valence-electron chi connectivity index (χ2n) is 7.56. The van der Waals surface area contributed by atoms with Crippen LogP contribution < -0.4 is 13.1 Å². The third-order valence-electron chi connectivity index (χ3n) is 5.39. The van der Waals surface area contributed by atoms with E-state index in [1.165, 1.54) is 13.1 Å². The first-order valence-electron chi connectivity index (χ1n) is 10.9. The minimum atomic E-state index is -1.39. The van der Waals surface area contributed by atoms with Gasteiger partial charge in [0.05, 0.1) is 11.0 Å². The summed E-state index contributed by atoms with van der Waals surface area (Å²) in [4.78, 5) is 8.69. The molecule has 0 aliphatic rings. The second kappa shape index (κ2) is 11.9. The van der Waals surface area contributed by atoms with E-state index in [0.717, 1.165) is 21.8 Å². The molecule has 2 aromatic heterocycles. The van der Waals surface area contributed by atoms with E-state index in [2.05, 4.69) is 125 Å². The summed E-state index contributed by atoms with van der Waals surface area (Å²) < 4.78 is 4.44. The molecule has 34 heavy (non-hydrogen) atoms. The van der Waals surface area contributed by atoms with Crippen LogP contribution in [-0.4, -0.2) is 24.6 Å². The van der Waals surface area contributed by atoms with Crippen LogP contribution in [0.1, 0.15) is 0 Å². The van der Waals surface area contributed by atoms with E-state index in [4.69, 9.17) is 0 Å². The van der Waals surface area contributed by atoms with Crippen LogP contribution in [0.5, 0.6) is 0 Å². The van der Waals surface area contributed by atoms with Crippen molar-refractivity contribution in [3.05, 3.63) is 140 Å². The van der Waals surface area contributed by atoms with Gasteiger partial charge in [0.25, 0.3) is 0 Å². The monoisotopic (exact) mass is 683 g/mol. The van der Waals surface area contributed by atoms with Crippen LogP contribution in [0.3, 0.4) is 0 Å². The molecule has 0 saturated heterocycles. The van der Waals surface area contributed by atoms with Crippen molar-refractivity contribution in [3.63, 3.8) is 0 Å². The van der Waals surface area contributed by atoms with Crippen molar-refractivity contribution in [2.75, 3.05) is 0 Å². The molecule has 6 rings (SSSR count). The molecule has 4 aromatic carbocycles. The molecule has 1 radical (unpaired) electrons. The average Bonchev–Trinajstić information content (AvgIpc) is 2.91. The summed E-state index contributed by atoms with van der Waals surface area (Å²) in [6, 6.07) is 44.8. The summed E-state index contributed by atoms with van der Waals surface area (Å²) in [5.41, 5.74) is 1.95. The fraction of sp³-hybridized carbons (Fsp3) is 0. The van der Waals surface area contributed by atoms with Gasteiger partial charge in [-0.15, -0.1) is 0 Å². The summed E-state index contributed by atoms with van der Waals surface area (Å²) in [6.45, 7) is 0. The minimum Gasteiger partial charge on any atom is -0.254 e. The Morgan fingerprint density at radius 3 is 1.09 bits per heavy atom. The molecule has 0 bridgehead atoms. The quantitative estimate of drug-likeness (QED) is 0.195. The van der Waals surface area contributed by atoms with Crippen molar-refractivity contribution >= 4 is 49.5 Å². The Balaban J connectivity index is 0.000000163. The van der Waals surface area contributed by atoms with Gasteiger partial charge in [-0.25, -0.2) is 0 Å². The molecule has 0 aliphatic heterocycles. The van der Waals surface area contributed by atoms with Gasteiger partial charge in [0, 0.05) is 45.5 Å². The summed E-state index contributed by atoms with van der Waals surface area (Å²) in [5, 5.41) is 2.28. The van der Waals surface area contributed by atoms with Crippen molar-refractivity contribution in [3.8, 4) is 0 Å². The summed E-state index contributed by atoms with van der Waals surface area (Å²) >= 11 is -1.39. The Labute approximate surface area is 220 Å². The molecular weight excluding hydrogens is 660 g/mol. The molecule has 6 aromatic rings. The Kier molecular flexibility index (Phi) is 8.46. The van der Waals surface area contributed by atoms with Gasteiger partial charge in [-0.3, -0.25) is 9.97 Å². The molecule has 2 nitrogen and oxygen atoms in total. The topological polar surface area (TPSA) is 25.8 Å². The first kappa shape index (κ1) is 24.1. The molecule has 0 aliphatic carbocycles. The van der Waals surface area contributed by atoms with Crippen LogP contribution in [0.4, 0.5) is 0 Å². The van der Waals surface area contributed by atoms with Gasteiger partial charge in [0.15, 0.2) is 0 Å². The van der Waals surface area contributed by atoms with Crippen molar-refractivity contribution in [1.82, 2.24) is 9.97 Å². The number of benzene rings is 4. The molecule has 0 spiro atoms. The second-order valence-corrected chi connectivity index (χ2v) is 12.2.